The molecule has 0 aliphatic rings. The Labute approximate surface area is 134 Å². The molecule has 0 saturated carbocycles. The van der Waals surface area contributed by atoms with Crippen LogP contribution in [0.25, 0.3) is 21.5 Å². The fourth-order valence-electron chi connectivity index (χ4n) is 2.20. The summed E-state index contributed by atoms with van der Waals surface area (Å²) in [5.41, 5.74) is 1.50. The van der Waals surface area contributed by atoms with Gasteiger partial charge in [-0.25, -0.2) is 4.98 Å². The Balaban J connectivity index is 2.25. The average Bonchev–Trinajstić information content (AvgIpc) is 2.95. The summed E-state index contributed by atoms with van der Waals surface area (Å²) in [6.07, 6.45) is 0.957. The van der Waals surface area contributed by atoms with E-state index in [-0.39, 0.29) is 5.56 Å². The molecule has 0 spiro atoms. The first-order valence-corrected chi connectivity index (χ1v) is 8.10. The van der Waals surface area contributed by atoms with Crippen LogP contribution in [-0.2, 0) is 6.42 Å². The van der Waals surface area contributed by atoms with Gasteiger partial charge in [-0.3, -0.25) is 0 Å². The molecule has 5 heteroatoms. The summed E-state index contributed by atoms with van der Waals surface area (Å²) in [7, 11) is 0. The predicted octanol–water partition coefficient (Wildman–Crippen LogP) is 3.65. The lowest BCUT2D eigenvalue weighted by molar-refractivity contribution is -0.254. The number of pyridine rings is 1. The third-order valence-electron chi connectivity index (χ3n) is 3.25. The number of fused-ring (bicyclic) bond motifs is 1. The van der Waals surface area contributed by atoms with Gasteiger partial charge in [0.1, 0.15) is 0 Å². The third-order valence-corrected chi connectivity index (χ3v) is 5.00. The van der Waals surface area contributed by atoms with E-state index in [0.717, 1.165) is 15.8 Å². The molecule has 106 valence electrons. The van der Waals surface area contributed by atoms with Crippen molar-refractivity contribution in [2.24, 2.45) is 0 Å². The van der Waals surface area contributed by atoms with Gasteiger partial charge in [0.2, 0.25) is 0 Å². The van der Waals surface area contributed by atoms with Crippen LogP contribution < -0.4 is 5.11 Å². The maximum absolute atomic E-state index is 11.4. The van der Waals surface area contributed by atoms with Crippen LogP contribution in [0.3, 0.4) is 0 Å². The van der Waals surface area contributed by atoms with Crippen molar-refractivity contribution in [3.8, 4) is 10.6 Å². The first-order chi connectivity index (χ1) is 10.1. The molecule has 1 aromatic carbocycles. The van der Waals surface area contributed by atoms with Crippen molar-refractivity contribution < 1.29 is 9.90 Å². The molecular weight excluding hydrogens is 350 g/mol. The van der Waals surface area contributed by atoms with E-state index in [9.17, 15) is 9.90 Å². The molecular formula is C16H11BrNO2S-. The summed E-state index contributed by atoms with van der Waals surface area (Å²) in [6.45, 7) is 2.09. The highest BCUT2D eigenvalue weighted by Gasteiger charge is 2.10. The minimum Gasteiger partial charge on any atom is -0.545 e. The quantitative estimate of drug-likeness (QED) is 0.716. The van der Waals surface area contributed by atoms with Crippen molar-refractivity contribution in [3.05, 3.63) is 51.3 Å². The second-order valence-electron chi connectivity index (χ2n) is 4.62. The van der Waals surface area contributed by atoms with Gasteiger partial charge in [0, 0.05) is 20.3 Å². The fraction of sp³-hybridized carbons (Fsp3) is 0.125. The fourth-order valence-corrected chi connectivity index (χ4v) is 3.47. The summed E-state index contributed by atoms with van der Waals surface area (Å²) in [4.78, 5) is 18.2. The topological polar surface area (TPSA) is 53.0 Å². The van der Waals surface area contributed by atoms with Crippen molar-refractivity contribution in [2.45, 2.75) is 13.3 Å². The van der Waals surface area contributed by atoms with Crippen molar-refractivity contribution in [1.29, 1.82) is 0 Å². The van der Waals surface area contributed by atoms with Gasteiger partial charge in [0.25, 0.3) is 0 Å². The zero-order valence-electron chi connectivity index (χ0n) is 11.2. The summed E-state index contributed by atoms with van der Waals surface area (Å²) in [5.74, 6) is -1.19. The van der Waals surface area contributed by atoms with Crippen molar-refractivity contribution in [2.75, 3.05) is 0 Å². The molecule has 0 N–H and O–H groups in total. The number of carbonyl (C=O) groups is 1. The van der Waals surface area contributed by atoms with Crippen molar-refractivity contribution in [3.63, 3.8) is 0 Å². The molecule has 0 radical (unpaired) electrons. The van der Waals surface area contributed by atoms with Gasteiger partial charge < -0.3 is 9.90 Å². The Kier molecular flexibility index (Phi) is 3.78. The van der Waals surface area contributed by atoms with E-state index in [1.807, 2.05) is 24.3 Å². The lowest BCUT2D eigenvalue weighted by atomic mass is 10.1. The summed E-state index contributed by atoms with van der Waals surface area (Å²) in [5, 5.41) is 12.0. The van der Waals surface area contributed by atoms with Gasteiger partial charge in [-0.2, -0.15) is 0 Å². The second-order valence-corrected chi connectivity index (χ2v) is 6.71. The van der Waals surface area contributed by atoms with Gasteiger partial charge in [0.15, 0.2) is 0 Å². The van der Waals surface area contributed by atoms with Gasteiger partial charge in [0.05, 0.1) is 22.1 Å². The summed E-state index contributed by atoms with van der Waals surface area (Å²) in [6, 6.07) is 11.0. The highest BCUT2D eigenvalue weighted by Crippen LogP contribution is 2.31. The minimum atomic E-state index is -1.19. The normalized spacial score (nSPS) is 11.0. The van der Waals surface area contributed by atoms with Gasteiger partial charge in [-0.05, 0) is 42.8 Å². The van der Waals surface area contributed by atoms with E-state index in [1.54, 1.807) is 23.5 Å². The number of aromatic nitrogens is 1. The van der Waals surface area contributed by atoms with E-state index in [1.165, 1.54) is 4.88 Å². The van der Waals surface area contributed by atoms with E-state index < -0.39 is 5.97 Å². The predicted molar refractivity (Wildman–Crippen MR) is 86.5 cm³/mol. The number of carboxylic acid groups (broad SMARTS) is 1. The molecule has 2 aromatic heterocycles. The molecule has 0 aliphatic heterocycles. The standard InChI is InChI=1S/C16H12BrNO2S/c1-2-10-4-6-15(21-10)14-8-12(16(19)20)11-7-9(17)3-5-13(11)18-14/h3-8H,2H2,1H3,(H,19,20)/p-1. The molecule has 0 amide bonds. The van der Waals surface area contributed by atoms with Crippen LogP contribution in [0.4, 0.5) is 0 Å². The molecule has 3 rings (SSSR count). The molecule has 0 atom stereocenters. The summed E-state index contributed by atoms with van der Waals surface area (Å²) < 4.78 is 0.816. The van der Waals surface area contributed by atoms with Gasteiger partial charge >= 0.3 is 0 Å². The Morgan fingerprint density at radius 1 is 1.29 bits per heavy atom. The highest BCUT2D eigenvalue weighted by molar-refractivity contribution is 9.10. The number of thiophene rings is 1. The number of carbonyl (C=O) groups excluding carboxylic acids is 1. The lowest BCUT2D eigenvalue weighted by Crippen LogP contribution is -2.22. The number of carboxylic acids is 1. The zero-order chi connectivity index (χ0) is 15.0. The highest BCUT2D eigenvalue weighted by atomic mass is 79.9. The third kappa shape index (κ3) is 2.71. The first kappa shape index (κ1) is 14.2. The maximum Gasteiger partial charge on any atom is 0.0816 e. The van der Waals surface area contributed by atoms with Crippen molar-refractivity contribution in [1.82, 2.24) is 4.98 Å². The molecule has 3 nitrogen and oxygen atoms in total. The number of aryl methyl sites for hydroxylation is 1. The number of hydrogen-bond donors (Lipinski definition) is 0. The van der Waals surface area contributed by atoms with E-state index in [4.69, 9.17) is 0 Å². The number of nitrogens with zero attached hydrogens (tertiary/aromatic N) is 1. The number of aromatic carboxylic acids is 1. The number of hydrogen-bond acceptors (Lipinski definition) is 4. The maximum atomic E-state index is 11.4. The Morgan fingerprint density at radius 3 is 2.76 bits per heavy atom. The molecule has 21 heavy (non-hydrogen) atoms. The zero-order valence-corrected chi connectivity index (χ0v) is 13.6. The van der Waals surface area contributed by atoms with E-state index in [2.05, 4.69) is 27.8 Å². The van der Waals surface area contributed by atoms with Gasteiger partial charge in [-0.1, -0.05) is 22.9 Å². The monoisotopic (exact) mass is 360 g/mol. The molecule has 3 aromatic rings. The van der Waals surface area contributed by atoms with Gasteiger partial charge in [-0.15, -0.1) is 11.3 Å². The summed E-state index contributed by atoms with van der Waals surface area (Å²) >= 11 is 4.99. The second kappa shape index (κ2) is 5.58. The SMILES string of the molecule is CCc1ccc(-c2cc(C(=O)[O-])c3cc(Br)ccc3n2)s1. The van der Waals surface area contributed by atoms with E-state index in [0.29, 0.717) is 16.6 Å². The largest absolute Gasteiger partial charge is 0.545 e. The molecule has 2 heterocycles. The minimum absolute atomic E-state index is 0.169. The average molecular weight is 361 g/mol. The van der Waals surface area contributed by atoms with Crippen LogP contribution in [0.2, 0.25) is 0 Å². The first-order valence-electron chi connectivity index (χ1n) is 6.49. The molecule has 0 unspecified atom stereocenters. The van der Waals surface area contributed by atoms with Crippen LogP contribution in [0.5, 0.6) is 0 Å². The van der Waals surface area contributed by atoms with Crippen LogP contribution in [0, 0.1) is 0 Å². The van der Waals surface area contributed by atoms with Crippen LogP contribution in [-0.4, -0.2) is 11.0 Å². The number of benzene rings is 1. The smallest absolute Gasteiger partial charge is 0.0816 e. The molecule has 0 saturated heterocycles. The van der Waals surface area contributed by atoms with Crippen LogP contribution in [0.1, 0.15) is 22.2 Å². The lowest BCUT2D eigenvalue weighted by Gasteiger charge is -2.10. The Bertz CT molecular complexity index is 841. The van der Waals surface area contributed by atoms with Crippen molar-refractivity contribution >= 4 is 44.1 Å². The molecule has 0 aliphatic carbocycles. The Morgan fingerprint density at radius 2 is 2.10 bits per heavy atom. The number of halogens is 1. The molecule has 0 fully saturated rings. The van der Waals surface area contributed by atoms with Crippen LogP contribution in [0.15, 0.2) is 40.9 Å². The Hall–Kier alpha value is -1.72. The number of rotatable bonds is 3. The van der Waals surface area contributed by atoms with Crippen LogP contribution >= 0.6 is 27.3 Å². The van der Waals surface area contributed by atoms with E-state index >= 15 is 0 Å². The molecule has 0 bridgehead atoms.